The van der Waals surface area contributed by atoms with E-state index in [2.05, 4.69) is 48.1 Å². The number of halogens is 1. The molecule has 2 aromatic carbocycles. The molecule has 0 aliphatic rings. The van der Waals surface area contributed by atoms with Crippen LogP contribution in [0.25, 0.3) is 0 Å². The van der Waals surface area contributed by atoms with E-state index >= 15 is 0 Å². The van der Waals surface area contributed by atoms with E-state index in [4.69, 9.17) is 22.1 Å². The number of H-pyrrole nitrogens is 1. The van der Waals surface area contributed by atoms with Crippen LogP contribution < -0.4 is 10.5 Å². The first-order valence-corrected chi connectivity index (χ1v) is 8.86. The van der Waals surface area contributed by atoms with Gasteiger partial charge in [0.05, 0.1) is 6.04 Å². The number of nitrogens with one attached hydrogen (secondary N) is 1. The Morgan fingerprint density at radius 3 is 2.35 bits per heavy atom. The van der Waals surface area contributed by atoms with E-state index in [1.165, 1.54) is 5.56 Å². The second-order valence-electron chi connectivity index (χ2n) is 7.23. The maximum Gasteiger partial charge on any atom is 0.172 e. The second kappa shape index (κ2) is 7.48. The molecule has 3 rings (SSSR count). The number of hydrogen-bond acceptors (Lipinski definition) is 4. The minimum Gasteiger partial charge on any atom is -0.486 e. The molecule has 0 aliphatic heterocycles. The van der Waals surface area contributed by atoms with Crippen LogP contribution in [0.2, 0.25) is 5.02 Å². The van der Waals surface area contributed by atoms with Gasteiger partial charge in [0.15, 0.2) is 11.6 Å². The van der Waals surface area contributed by atoms with Crippen LogP contribution in [0.15, 0.2) is 48.5 Å². The van der Waals surface area contributed by atoms with Crippen LogP contribution in [-0.2, 0) is 12.0 Å². The quantitative estimate of drug-likeness (QED) is 0.698. The summed E-state index contributed by atoms with van der Waals surface area (Å²) in [6.45, 7) is 6.85. The van der Waals surface area contributed by atoms with Crippen molar-refractivity contribution in [3.8, 4) is 5.75 Å². The maximum atomic E-state index is 6.22. The summed E-state index contributed by atoms with van der Waals surface area (Å²) in [6, 6.07) is 15.0. The van der Waals surface area contributed by atoms with E-state index in [1.807, 2.05) is 24.3 Å². The lowest BCUT2D eigenvalue weighted by Gasteiger charge is -2.19. The number of nitrogens with two attached hydrogens (primary N) is 1. The largest absolute Gasteiger partial charge is 0.486 e. The fourth-order valence-corrected chi connectivity index (χ4v) is 2.66. The predicted molar refractivity (Wildman–Crippen MR) is 103 cm³/mol. The molecule has 6 heteroatoms. The molecule has 3 N–H and O–H groups in total. The molecule has 0 saturated heterocycles. The van der Waals surface area contributed by atoms with Crippen molar-refractivity contribution >= 4 is 11.6 Å². The highest BCUT2D eigenvalue weighted by molar-refractivity contribution is 6.30. The highest BCUT2D eigenvalue weighted by Gasteiger charge is 2.15. The average molecular weight is 371 g/mol. The zero-order valence-electron chi connectivity index (χ0n) is 15.2. The lowest BCUT2D eigenvalue weighted by molar-refractivity contribution is 0.296. The Balaban J connectivity index is 1.62. The van der Waals surface area contributed by atoms with E-state index in [1.54, 1.807) is 12.1 Å². The lowest BCUT2D eigenvalue weighted by Crippen LogP contribution is -2.13. The number of aromatic amines is 1. The van der Waals surface area contributed by atoms with Gasteiger partial charge < -0.3 is 10.5 Å². The third-order valence-electron chi connectivity index (χ3n) is 4.15. The van der Waals surface area contributed by atoms with Crippen molar-refractivity contribution in [3.63, 3.8) is 0 Å². The van der Waals surface area contributed by atoms with E-state index in [-0.39, 0.29) is 5.41 Å². The molecule has 0 amide bonds. The molecular weight excluding hydrogens is 348 g/mol. The SMILES string of the molecule is CC(C)(C)c1ccc(OCc2nc([C@H](N)c3ccc(Cl)cc3)n[nH]2)cc1. The molecule has 26 heavy (non-hydrogen) atoms. The van der Waals surface area contributed by atoms with Gasteiger partial charge >= 0.3 is 0 Å². The summed E-state index contributed by atoms with van der Waals surface area (Å²) in [6.07, 6.45) is 0. The highest BCUT2D eigenvalue weighted by Crippen LogP contribution is 2.24. The first-order chi connectivity index (χ1) is 12.3. The van der Waals surface area contributed by atoms with Gasteiger partial charge in [0.2, 0.25) is 0 Å². The normalized spacial score (nSPS) is 12.8. The van der Waals surface area contributed by atoms with Crippen molar-refractivity contribution in [2.24, 2.45) is 5.73 Å². The van der Waals surface area contributed by atoms with E-state index in [0.29, 0.717) is 23.3 Å². The van der Waals surface area contributed by atoms with Crippen molar-refractivity contribution in [3.05, 3.63) is 76.3 Å². The summed E-state index contributed by atoms with van der Waals surface area (Å²) in [7, 11) is 0. The van der Waals surface area contributed by atoms with Gasteiger partial charge in [-0.05, 0) is 40.8 Å². The first kappa shape index (κ1) is 18.4. The molecule has 0 saturated carbocycles. The molecule has 136 valence electrons. The third-order valence-corrected chi connectivity index (χ3v) is 4.40. The highest BCUT2D eigenvalue weighted by atomic mass is 35.5. The van der Waals surface area contributed by atoms with E-state index < -0.39 is 6.04 Å². The van der Waals surface area contributed by atoms with Gasteiger partial charge in [-0.25, -0.2) is 4.98 Å². The average Bonchev–Trinajstić information content (AvgIpc) is 3.08. The summed E-state index contributed by atoms with van der Waals surface area (Å²) in [5, 5.41) is 7.75. The zero-order valence-corrected chi connectivity index (χ0v) is 15.9. The fourth-order valence-electron chi connectivity index (χ4n) is 2.54. The molecule has 0 fully saturated rings. The Bertz CT molecular complexity index is 851. The Hall–Kier alpha value is -2.37. The maximum absolute atomic E-state index is 6.22. The zero-order chi connectivity index (χ0) is 18.7. The summed E-state index contributed by atoms with van der Waals surface area (Å²) in [4.78, 5) is 4.43. The van der Waals surface area contributed by atoms with Crippen LogP contribution in [0.1, 0.15) is 49.6 Å². The molecule has 3 aromatic rings. The van der Waals surface area contributed by atoms with Crippen molar-refractivity contribution in [1.29, 1.82) is 0 Å². The molecule has 1 heterocycles. The van der Waals surface area contributed by atoms with Crippen LogP contribution in [0, 0.1) is 0 Å². The van der Waals surface area contributed by atoms with Crippen molar-refractivity contribution < 1.29 is 4.74 Å². The number of benzene rings is 2. The molecule has 1 aromatic heterocycles. The van der Waals surface area contributed by atoms with Crippen LogP contribution in [0.5, 0.6) is 5.75 Å². The van der Waals surface area contributed by atoms with E-state index in [9.17, 15) is 0 Å². The van der Waals surface area contributed by atoms with Gasteiger partial charge in [-0.15, -0.1) is 0 Å². The number of aromatic nitrogens is 3. The monoisotopic (exact) mass is 370 g/mol. The molecule has 5 nitrogen and oxygen atoms in total. The first-order valence-electron chi connectivity index (χ1n) is 8.48. The summed E-state index contributed by atoms with van der Waals surface area (Å²) < 4.78 is 5.78. The summed E-state index contributed by atoms with van der Waals surface area (Å²) in [5.74, 6) is 1.94. The lowest BCUT2D eigenvalue weighted by atomic mass is 9.87. The smallest absolute Gasteiger partial charge is 0.172 e. The van der Waals surface area contributed by atoms with Gasteiger partial charge in [0.1, 0.15) is 12.4 Å². The minimum atomic E-state index is -0.414. The number of nitrogens with zero attached hydrogens (tertiary/aromatic N) is 2. The van der Waals surface area contributed by atoms with Crippen LogP contribution in [0.4, 0.5) is 0 Å². The molecule has 0 unspecified atom stereocenters. The standard InChI is InChI=1S/C20H23ClN4O/c1-20(2,3)14-6-10-16(11-7-14)26-12-17-23-19(25-24-17)18(22)13-4-8-15(21)9-5-13/h4-11,18H,12,22H2,1-3H3,(H,23,24,25)/t18-/m1/s1. The molecule has 0 radical (unpaired) electrons. The topological polar surface area (TPSA) is 76.8 Å². The summed E-state index contributed by atoms with van der Waals surface area (Å²) in [5.41, 5.74) is 8.50. The Kier molecular flexibility index (Phi) is 5.30. The van der Waals surface area contributed by atoms with Crippen molar-refractivity contribution in [2.75, 3.05) is 0 Å². The van der Waals surface area contributed by atoms with Gasteiger partial charge in [-0.2, -0.15) is 5.10 Å². The van der Waals surface area contributed by atoms with Gasteiger partial charge in [0, 0.05) is 5.02 Å². The molecule has 0 spiro atoms. The number of hydrogen-bond donors (Lipinski definition) is 2. The Morgan fingerprint density at radius 1 is 1.08 bits per heavy atom. The third kappa shape index (κ3) is 4.42. The molecule has 0 aliphatic carbocycles. The molecule has 1 atom stereocenters. The number of rotatable bonds is 5. The number of ether oxygens (including phenoxy) is 1. The van der Waals surface area contributed by atoms with Crippen molar-refractivity contribution in [2.45, 2.75) is 38.8 Å². The fraction of sp³-hybridized carbons (Fsp3) is 0.300. The van der Waals surface area contributed by atoms with Gasteiger partial charge in [0.25, 0.3) is 0 Å². The predicted octanol–water partition coefficient (Wildman–Crippen LogP) is 4.38. The molecule has 0 bridgehead atoms. The van der Waals surface area contributed by atoms with Gasteiger partial charge in [-0.1, -0.05) is 56.6 Å². The van der Waals surface area contributed by atoms with Gasteiger partial charge in [-0.3, -0.25) is 5.10 Å². The van der Waals surface area contributed by atoms with Crippen LogP contribution >= 0.6 is 11.6 Å². The Labute approximate surface area is 158 Å². The Morgan fingerprint density at radius 2 is 1.73 bits per heavy atom. The minimum absolute atomic E-state index is 0.121. The van der Waals surface area contributed by atoms with Crippen LogP contribution in [-0.4, -0.2) is 15.2 Å². The van der Waals surface area contributed by atoms with Crippen LogP contribution in [0.3, 0.4) is 0 Å². The summed E-state index contributed by atoms with van der Waals surface area (Å²) >= 11 is 5.91. The van der Waals surface area contributed by atoms with E-state index in [0.717, 1.165) is 11.3 Å². The molecular formula is C20H23ClN4O. The van der Waals surface area contributed by atoms with Crippen molar-refractivity contribution in [1.82, 2.24) is 15.2 Å². The second-order valence-corrected chi connectivity index (χ2v) is 7.67.